The molecule has 188 valence electrons. The standard InChI is InChI=1S/C27H35N5O2.ClH/c33-26-22-12-3-4-14-24(22)32(25-23(29-26)13-7-15-28-25)27(34)31-19-9-11-21(20-31)10-8-18-30-16-5-1-2-6-17-30;/h3-4,7,12-15,21H,1-2,5-6,8-11,16-20H2,(H,29,33);1H. The molecule has 8 heteroatoms. The molecule has 7 nitrogen and oxygen atoms in total. The van der Waals surface area contributed by atoms with Crippen molar-refractivity contribution in [1.29, 1.82) is 0 Å². The maximum absolute atomic E-state index is 13.9. The van der Waals surface area contributed by atoms with Crippen LogP contribution in [-0.2, 0) is 0 Å². The summed E-state index contributed by atoms with van der Waals surface area (Å²) in [5.41, 5.74) is 1.63. The van der Waals surface area contributed by atoms with E-state index in [9.17, 15) is 9.59 Å². The Labute approximate surface area is 214 Å². The average molecular weight is 498 g/mol. The number of para-hydroxylation sites is 1. The average Bonchev–Trinajstić information content (AvgIpc) is 3.20. The molecule has 5 rings (SSSR count). The van der Waals surface area contributed by atoms with Crippen molar-refractivity contribution in [1.82, 2.24) is 14.8 Å². The summed E-state index contributed by atoms with van der Waals surface area (Å²) >= 11 is 0. The highest BCUT2D eigenvalue weighted by Gasteiger charge is 2.34. The van der Waals surface area contributed by atoms with Crippen LogP contribution >= 0.6 is 12.4 Å². The van der Waals surface area contributed by atoms with Gasteiger partial charge in [-0.15, -0.1) is 12.4 Å². The summed E-state index contributed by atoms with van der Waals surface area (Å²) in [6.45, 7) is 5.16. The van der Waals surface area contributed by atoms with E-state index < -0.39 is 0 Å². The van der Waals surface area contributed by atoms with Crippen LogP contribution in [0.15, 0.2) is 42.6 Å². The Balaban J connectivity index is 0.00000289. The number of carbonyl (C=O) groups is 2. The summed E-state index contributed by atoms with van der Waals surface area (Å²) in [7, 11) is 0. The summed E-state index contributed by atoms with van der Waals surface area (Å²) in [5.74, 6) is 0.786. The number of fused-ring (bicyclic) bond motifs is 2. The quantitative estimate of drug-likeness (QED) is 0.588. The van der Waals surface area contributed by atoms with Crippen molar-refractivity contribution in [3.63, 3.8) is 0 Å². The van der Waals surface area contributed by atoms with Crippen LogP contribution in [0.4, 0.5) is 22.0 Å². The van der Waals surface area contributed by atoms with Gasteiger partial charge in [0.1, 0.15) is 0 Å². The van der Waals surface area contributed by atoms with Crippen molar-refractivity contribution < 1.29 is 9.59 Å². The van der Waals surface area contributed by atoms with Crippen molar-refractivity contribution in [2.75, 3.05) is 42.9 Å². The molecule has 1 aromatic carbocycles. The number of benzene rings is 1. The molecule has 0 bridgehead atoms. The largest absolute Gasteiger partial charge is 0.330 e. The number of hydrogen-bond acceptors (Lipinski definition) is 4. The summed E-state index contributed by atoms with van der Waals surface area (Å²) in [5, 5.41) is 2.92. The predicted octanol–water partition coefficient (Wildman–Crippen LogP) is 5.70. The van der Waals surface area contributed by atoms with Crippen LogP contribution in [0.5, 0.6) is 0 Å². The zero-order chi connectivity index (χ0) is 23.3. The number of urea groups is 1. The van der Waals surface area contributed by atoms with Crippen LogP contribution in [0, 0.1) is 5.92 Å². The highest BCUT2D eigenvalue weighted by atomic mass is 35.5. The number of aromatic nitrogens is 1. The summed E-state index contributed by atoms with van der Waals surface area (Å²) < 4.78 is 0. The van der Waals surface area contributed by atoms with E-state index in [2.05, 4.69) is 15.2 Å². The van der Waals surface area contributed by atoms with E-state index in [-0.39, 0.29) is 24.3 Å². The van der Waals surface area contributed by atoms with E-state index in [1.54, 1.807) is 29.3 Å². The molecule has 3 aliphatic heterocycles. The van der Waals surface area contributed by atoms with Gasteiger partial charge in [-0.3, -0.25) is 4.79 Å². The van der Waals surface area contributed by atoms with Gasteiger partial charge < -0.3 is 15.1 Å². The van der Waals surface area contributed by atoms with Crippen molar-refractivity contribution in [3.8, 4) is 0 Å². The minimum Gasteiger partial charge on any atom is -0.324 e. The maximum atomic E-state index is 13.9. The van der Waals surface area contributed by atoms with Crippen LogP contribution in [0.2, 0.25) is 0 Å². The number of nitrogens with zero attached hydrogens (tertiary/aromatic N) is 4. The van der Waals surface area contributed by atoms with Crippen molar-refractivity contribution >= 4 is 41.5 Å². The first-order valence-electron chi connectivity index (χ1n) is 12.9. The first-order valence-corrected chi connectivity index (χ1v) is 12.9. The molecule has 3 amide bonds. The van der Waals surface area contributed by atoms with E-state index in [1.807, 2.05) is 23.1 Å². The molecule has 0 saturated carbocycles. The van der Waals surface area contributed by atoms with Crippen LogP contribution < -0.4 is 10.2 Å². The Kier molecular flexibility index (Phi) is 8.63. The minimum atomic E-state index is -0.217. The number of likely N-dealkylation sites (tertiary alicyclic amines) is 2. The second-order valence-corrected chi connectivity index (χ2v) is 9.82. The number of piperidine rings is 1. The fourth-order valence-corrected chi connectivity index (χ4v) is 5.61. The van der Waals surface area contributed by atoms with Gasteiger partial charge in [-0.2, -0.15) is 0 Å². The molecule has 1 atom stereocenters. The molecular weight excluding hydrogens is 462 g/mol. The van der Waals surface area contributed by atoms with Gasteiger partial charge in [-0.05, 0) is 88.3 Å². The molecule has 1 unspecified atom stereocenters. The lowest BCUT2D eigenvalue weighted by atomic mass is 9.93. The van der Waals surface area contributed by atoms with E-state index in [1.165, 1.54) is 58.2 Å². The van der Waals surface area contributed by atoms with Gasteiger partial charge in [0.05, 0.1) is 16.9 Å². The Morgan fingerprint density at radius 1 is 1.00 bits per heavy atom. The summed E-state index contributed by atoms with van der Waals surface area (Å²) in [6, 6.07) is 10.8. The van der Waals surface area contributed by atoms with Gasteiger partial charge >= 0.3 is 6.03 Å². The molecule has 1 N–H and O–H groups in total. The number of hydrogen-bond donors (Lipinski definition) is 1. The second kappa shape index (κ2) is 11.9. The van der Waals surface area contributed by atoms with Crippen LogP contribution in [0.1, 0.15) is 61.7 Å². The van der Waals surface area contributed by atoms with Crippen molar-refractivity contribution in [2.24, 2.45) is 5.92 Å². The fraction of sp³-hybridized carbons (Fsp3) is 0.519. The monoisotopic (exact) mass is 497 g/mol. The van der Waals surface area contributed by atoms with Gasteiger partial charge in [0.15, 0.2) is 5.82 Å². The van der Waals surface area contributed by atoms with Gasteiger partial charge in [0.2, 0.25) is 0 Å². The van der Waals surface area contributed by atoms with Crippen LogP contribution in [-0.4, -0.2) is 59.4 Å². The number of rotatable bonds is 4. The van der Waals surface area contributed by atoms with Crippen LogP contribution in [0.3, 0.4) is 0 Å². The summed E-state index contributed by atoms with van der Waals surface area (Å²) in [6.07, 6.45) is 11.6. The van der Waals surface area contributed by atoms with E-state index in [0.717, 1.165) is 25.9 Å². The molecule has 1 aromatic heterocycles. The first kappa shape index (κ1) is 25.5. The molecule has 2 fully saturated rings. The van der Waals surface area contributed by atoms with E-state index in [4.69, 9.17) is 0 Å². The zero-order valence-electron chi connectivity index (χ0n) is 20.3. The molecular formula is C27H36ClN5O2. The number of nitrogens with one attached hydrogen (secondary N) is 1. The molecule has 35 heavy (non-hydrogen) atoms. The number of halogens is 1. The van der Waals surface area contributed by atoms with Gasteiger partial charge in [-0.1, -0.05) is 25.0 Å². The number of carbonyl (C=O) groups excluding carboxylic acids is 2. The van der Waals surface area contributed by atoms with Gasteiger partial charge in [0, 0.05) is 19.3 Å². The first-order chi connectivity index (χ1) is 16.7. The molecule has 3 aliphatic rings. The lowest BCUT2D eigenvalue weighted by molar-refractivity contribution is 0.102. The second-order valence-electron chi connectivity index (χ2n) is 9.82. The Morgan fingerprint density at radius 3 is 2.63 bits per heavy atom. The molecule has 2 aromatic rings. The van der Waals surface area contributed by atoms with Crippen molar-refractivity contribution in [3.05, 3.63) is 48.2 Å². The van der Waals surface area contributed by atoms with Gasteiger partial charge in [0.25, 0.3) is 5.91 Å². The fourth-order valence-electron chi connectivity index (χ4n) is 5.61. The zero-order valence-corrected chi connectivity index (χ0v) is 21.1. The van der Waals surface area contributed by atoms with Gasteiger partial charge in [-0.25, -0.2) is 14.7 Å². The normalized spacial score (nSPS) is 20.6. The molecule has 2 saturated heterocycles. The maximum Gasteiger partial charge on any atom is 0.330 e. The van der Waals surface area contributed by atoms with Crippen LogP contribution in [0.25, 0.3) is 0 Å². The SMILES string of the molecule is Cl.O=C1Nc2cccnc2N(C(=O)N2CCCC(CCCN3CCCCCC3)C2)c2ccccc21. The van der Waals surface area contributed by atoms with E-state index >= 15 is 0 Å². The highest BCUT2D eigenvalue weighted by molar-refractivity contribution is 6.16. The van der Waals surface area contributed by atoms with Crippen molar-refractivity contribution in [2.45, 2.75) is 51.4 Å². The predicted molar refractivity (Wildman–Crippen MR) is 142 cm³/mol. The third-order valence-electron chi connectivity index (χ3n) is 7.40. The molecule has 0 aliphatic carbocycles. The smallest absolute Gasteiger partial charge is 0.324 e. The molecule has 0 spiro atoms. The lowest BCUT2D eigenvalue weighted by Crippen LogP contribution is -2.46. The minimum absolute atomic E-state index is 0. The number of pyridine rings is 1. The highest BCUT2D eigenvalue weighted by Crippen LogP contribution is 2.37. The Morgan fingerprint density at radius 2 is 1.80 bits per heavy atom. The molecule has 0 radical (unpaired) electrons. The Bertz CT molecular complexity index is 1020. The Hall–Kier alpha value is -2.64. The third-order valence-corrected chi connectivity index (χ3v) is 7.40. The number of amides is 3. The topological polar surface area (TPSA) is 68.8 Å². The summed E-state index contributed by atoms with van der Waals surface area (Å²) in [4.78, 5) is 37.5. The third kappa shape index (κ3) is 5.78. The lowest BCUT2D eigenvalue weighted by Gasteiger charge is -2.36. The number of anilines is 3. The molecule has 4 heterocycles. The van der Waals surface area contributed by atoms with E-state index in [0.29, 0.717) is 28.7 Å².